The van der Waals surface area contributed by atoms with E-state index in [-0.39, 0.29) is 16.9 Å². The number of rotatable bonds is 5. The van der Waals surface area contributed by atoms with Gasteiger partial charge in [-0.3, -0.25) is 0 Å². The van der Waals surface area contributed by atoms with Crippen molar-refractivity contribution in [2.75, 3.05) is 0 Å². The minimum atomic E-state index is -0.333. The molecule has 1 aliphatic carbocycles. The third-order valence-electron chi connectivity index (χ3n) is 5.14. The molecule has 1 aliphatic rings. The Labute approximate surface area is 116 Å². The number of nitrogens with zero attached hydrogens (tertiary/aromatic N) is 3. The fourth-order valence-corrected chi connectivity index (χ4v) is 3.46. The second kappa shape index (κ2) is 4.58. The Balaban J connectivity index is 2.05. The summed E-state index contributed by atoms with van der Waals surface area (Å²) in [5, 5.41) is 14.8. The van der Waals surface area contributed by atoms with Crippen molar-refractivity contribution in [2.24, 2.45) is 22.7 Å². The molecular weight excluding hydrogens is 238 g/mol. The van der Waals surface area contributed by atoms with Crippen LogP contribution in [0.1, 0.15) is 47.4 Å². The highest BCUT2D eigenvalue weighted by Gasteiger charge is 2.67. The van der Waals surface area contributed by atoms with Gasteiger partial charge in [-0.2, -0.15) is 5.10 Å². The van der Waals surface area contributed by atoms with Crippen molar-refractivity contribution in [3.63, 3.8) is 0 Å². The first kappa shape index (κ1) is 14.5. The Hall–Kier alpha value is -0.900. The molecule has 1 heterocycles. The molecule has 0 radical (unpaired) electrons. The van der Waals surface area contributed by atoms with Crippen LogP contribution in [-0.4, -0.2) is 26.0 Å². The van der Waals surface area contributed by atoms with Gasteiger partial charge in [0.25, 0.3) is 0 Å². The third-order valence-corrected chi connectivity index (χ3v) is 5.14. The Morgan fingerprint density at radius 2 is 1.84 bits per heavy atom. The molecule has 0 bridgehead atoms. The summed E-state index contributed by atoms with van der Waals surface area (Å²) < 4.78 is 1.93. The van der Waals surface area contributed by atoms with Crippen molar-refractivity contribution in [2.45, 2.75) is 60.6 Å². The summed E-state index contributed by atoms with van der Waals surface area (Å²) in [5.74, 6) is 1.77. The van der Waals surface area contributed by atoms with E-state index in [1.807, 2.05) is 4.68 Å². The first-order valence-electron chi connectivity index (χ1n) is 7.22. The van der Waals surface area contributed by atoms with E-state index in [1.165, 1.54) is 0 Å². The Kier molecular flexibility index (Phi) is 3.50. The summed E-state index contributed by atoms with van der Waals surface area (Å²) in [5.41, 5.74) is 0.407. The molecule has 0 aliphatic heterocycles. The molecule has 0 amide bonds. The molecule has 1 fully saturated rings. The van der Waals surface area contributed by atoms with Crippen molar-refractivity contribution in [3.05, 3.63) is 12.2 Å². The topological polar surface area (TPSA) is 50.9 Å². The van der Waals surface area contributed by atoms with Crippen LogP contribution in [0.25, 0.3) is 0 Å². The van der Waals surface area contributed by atoms with E-state index in [0.717, 1.165) is 12.4 Å². The molecule has 0 spiro atoms. The van der Waals surface area contributed by atoms with Crippen molar-refractivity contribution < 1.29 is 5.11 Å². The van der Waals surface area contributed by atoms with Crippen LogP contribution >= 0.6 is 0 Å². The van der Waals surface area contributed by atoms with Crippen LogP contribution in [-0.2, 0) is 13.0 Å². The van der Waals surface area contributed by atoms with Gasteiger partial charge in [-0.05, 0) is 22.7 Å². The van der Waals surface area contributed by atoms with E-state index in [1.54, 1.807) is 6.33 Å². The highest BCUT2D eigenvalue weighted by molar-refractivity contribution is 5.15. The molecule has 1 aromatic heterocycles. The normalized spacial score (nSPS) is 22.7. The predicted molar refractivity (Wildman–Crippen MR) is 75.6 cm³/mol. The minimum absolute atomic E-state index is 0.204. The lowest BCUT2D eigenvalue weighted by Crippen LogP contribution is -2.21. The SMILES string of the molecule is CC(C)Cn1ncnc1CC(O)C1C(C)(C)C1(C)C. The lowest BCUT2D eigenvalue weighted by Gasteiger charge is -2.14. The van der Waals surface area contributed by atoms with Crippen molar-refractivity contribution >= 4 is 0 Å². The highest BCUT2D eigenvalue weighted by Crippen LogP contribution is 2.69. The van der Waals surface area contributed by atoms with E-state index in [2.05, 4.69) is 51.6 Å². The largest absolute Gasteiger partial charge is 0.392 e. The van der Waals surface area contributed by atoms with Crippen molar-refractivity contribution in [3.8, 4) is 0 Å². The molecule has 1 N–H and O–H groups in total. The molecule has 0 saturated heterocycles. The number of aliphatic hydroxyl groups is 1. The van der Waals surface area contributed by atoms with E-state index in [0.29, 0.717) is 18.3 Å². The summed E-state index contributed by atoms with van der Waals surface area (Å²) in [6.07, 6.45) is 1.86. The third kappa shape index (κ3) is 2.42. The standard InChI is InChI=1S/C15H27N3O/c1-10(2)8-18-12(16-9-17-18)7-11(19)13-14(3,4)15(13,5)6/h9-11,13,19H,7-8H2,1-6H3. The lowest BCUT2D eigenvalue weighted by atomic mass is 10.0. The fraction of sp³-hybridized carbons (Fsp3) is 0.867. The van der Waals surface area contributed by atoms with Gasteiger partial charge >= 0.3 is 0 Å². The maximum absolute atomic E-state index is 10.5. The van der Waals surface area contributed by atoms with Crippen LogP contribution in [0.15, 0.2) is 6.33 Å². The molecule has 1 saturated carbocycles. The quantitative estimate of drug-likeness (QED) is 0.890. The summed E-state index contributed by atoms with van der Waals surface area (Å²) in [6, 6.07) is 0. The molecule has 19 heavy (non-hydrogen) atoms. The van der Waals surface area contributed by atoms with Crippen LogP contribution in [0.5, 0.6) is 0 Å². The highest BCUT2D eigenvalue weighted by atomic mass is 16.3. The van der Waals surface area contributed by atoms with Crippen LogP contribution in [0.3, 0.4) is 0 Å². The van der Waals surface area contributed by atoms with Crippen LogP contribution in [0, 0.1) is 22.7 Å². The van der Waals surface area contributed by atoms with Gasteiger partial charge < -0.3 is 5.11 Å². The molecular formula is C15H27N3O. The van der Waals surface area contributed by atoms with E-state index in [4.69, 9.17) is 0 Å². The lowest BCUT2D eigenvalue weighted by molar-refractivity contribution is 0.125. The molecule has 0 aromatic carbocycles. The first-order valence-corrected chi connectivity index (χ1v) is 7.22. The maximum Gasteiger partial charge on any atom is 0.138 e. The Morgan fingerprint density at radius 3 is 2.32 bits per heavy atom. The van der Waals surface area contributed by atoms with E-state index < -0.39 is 0 Å². The van der Waals surface area contributed by atoms with Crippen molar-refractivity contribution in [1.82, 2.24) is 14.8 Å². The second-order valence-electron chi connectivity index (χ2n) is 7.44. The molecule has 1 atom stereocenters. The smallest absolute Gasteiger partial charge is 0.138 e. The zero-order valence-electron chi connectivity index (χ0n) is 13.0. The Morgan fingerprint density at radius 1 is 1.26 bits per heavy atom. The summed E-state index contributed by atoms with van der Waals surface area (Å²) in [6.45, 7) is 14.1. The average molecular weight is 265 g/mol. The van der Waals surface area contributed by atoms with Crippen molar-refractivity contribution in [1.29, 1.82) is 0 Å². The van der Waals surface area contributed by atoms with Gasteiger partial charge in [-0.1, -0.05) is 41.5 Å². The summed E-state index contributed by atoms with van der Waals surface area (Å²) >= 11 is 0. The number of hydrogen-bond donors (Lipinski definition) is 1. The van der Waals surface area contributed by atoms with Gasteiger partial charge in [0.05, 0.1) is 6.10 Å². The summed E-state index contributed by atoms with van der Waals surface area (Å²) in [7, 11) is 0. The fourth-order valence-electron chi connectivity index (χ4n) is 3.46. The van der Waals surface area contributed by atoms with Gasteiger partial charge in [-0.15, -0.1) is 0 Å². The number of hydrogen-bond acceptors (Lipinski definition) is 3. The monoisotopic (exact) mass is 265 g/mol. The number of aromatic nitrogens is 3. The molecule has 4 heteroatoms. The number of aliphatic hydroxyl groups excluding tert-OH is 1. The average Bonchev–Trinajstić information content (AvgIpc) is 2.57. The molecule has 1 aromatic rings. The Bertz CT molecular complexity index is 434. The van der Waals surface area contributed by atoms with Gasteiger partial charge in [0.2, 0.25) is 0 Å². The van der Waals surface area contributed by atoms with Gasteiger partial charge in [0.1, 0.15) is 12.2 Å². The van der Waals surface area contributed by atoms with E-state index in [9.17, 15) is 5.11 Å². The van der Waals surface area contributed by atoms with Crippen LogP contribution in [0.4, 0.5) is 0 Å². The first-order chi connectivity index (χ1) is 8.68. The van der Waals surface area contributed by atoms with Crippen LogP contribution < -0.4 is 0 Å². The van der Waals surface area contributed by atoms with Gasteiger partial charge in [-0.25, -0.2) is 9.67 Å². The molecule has 2 rings (SSSR count). The molecule has 108 valence electrons. The zero-order chi connectivity index (χ0) is 14.4. The van der Waals surface area contributed by atoms with Crippen LogP contribution in [0.2, 0.25) is 0 Å². The van der Waals surface area contributed by atoms with E-state index >= 15 is 0 Å². The predicted octanol–water partition coefficient (Wildman–Crippen LogP) is 2.52. The molecule has 4 nitrogen and oxygen atoms in total. The van der Waals surface area contributed by atoms with Gasteiger partial charge in [0, 0.05) is 13.0 Å². The maximum atomic E-state index is 10.5. The molecule has 1 unspecified atom stereocenters. The summed E-state index contributed by atoms with van der Waals surface area (Å²) in [4.78, 5) is 4.31. The van der Waals surface area contributed by atoms with Gasteiger partial charge in [0.15, 0.2) is 0 Å². The second-order valence-corrected chi connectivity index (χ2v) is 7.44. The minimum Gasteiger partial charge on any atom is -0.392 e. The zero-order valence-corrected chi connectivity index (χ0v) is 13.0.